The lowest BCUT2D eigenvalue weighted by Gasteiger charge is -2.36. The van der Waals surface area contributed by atoms with E-state index in [-0.39, 0.29) is 22.2 Å². The van der Waals surface area contributed by atoms with Crippen LogP contribution in [0.3, 0.4) is 0 Å². The maximum absolute atomic E-state index is 13.8. The molecule has 6 nitrogen and oxygen atoms in total. The van der Waals surface area contributed by atoms with Gasteiger partial charge in [0.25, 0.3) is 5.69 Å². The van der Waals surface area contributed by atoms with Gasteiger partial charge in [0.2, 0.25) is 5.91 Å². The van der Waals surface area contributed by atoms with Crippen molar-refractivity contribution in [2.75, 3.05) is 10.0 Å². The average molecular weight is 377 g/mol. The van der Waals surface area contributed by atoms with E-state index in [1.54, 1.807) is 6.07 Å². The number of rotatable bonds is 4. The summed E-state index contributed by atoms with van der Waals surface area (Å²) in [6.07, 6.45) is 2.17. The third-order valence-electron chi connectivity index (χ3n) is 4.88. The molecule has 1 heterocycles. The minimum Gasteiger partial charge on any atom is -0.325 e. The maximum Gasteiger partial charge on any atom is 0.295 e. The highest BCUT2D eigenvalue weighted by Crippen LogP contribution is 2.54. The van der Waals surface area contributed by atoms with Crippen LogP contribution in [-0.2, 0) is 10.2 Å². The Morgan fingerprint density at radius 3 is 2.62 bits per heavy atom. The van der Waals surface area contributed by atoms with E-state index in [4.69, 9.17) is 0 Å². The highest BCUT2D eigenvalue weighted by atomic mass is 32.2. The molecule has 0 unspecified atom stereocenters. The van der Waals surface area contributed by atoms with Gasteiger partial charge < -0.3 is 10.0 Å². The third kappa shape index (κ3) is 2.50. The molecule has 2 aromatic carbocycles. The zero-order valence-corrected chi connectivity index (χ0v) is 14.2. The van der Waals surface area contributed by atoms with Gasteiger partial charge in [-0.3, -0.25) is 14.9 Å². The van der Waals surface area contributed by atoms with Crippen LogP contribution in [0.25, 0.3) is 0 Å². The zero-order chi connectivity index (χ0) is 18.5. The number of nitrogens with one attached hydrogen (secondary N) is 2. The van der Waals surface area contributed by atoms with Crippen LogP contribution in [0.5, 0.6) is 0 Å². The highest BCUT2D eigenvalue weighted by Gasteiger charge is 2.53. The van der Waals surface area contributed by atoms with Crippen LogP contribution in [0.1, 0.15) is 24.8 Å². The van der Waals surface area contributed by atoms with Gasteiger partial charge in [0.1, 0.15) is 17.3 Å². The fourth-order valence-corrected chi connectivity index (χ4v) is 4.03. The van der Waals surface area contributed by atoms with Crippen molar-refractivity contribution in [2.45, 2.75) is 29.6 Å². The van der Waals surface area contributed by atoms with E-state index >= 15 is 0 Å². The first-order valence-corrected chi connectivity index (χ1v) is 8.75. The lowest BCUT2D eigenvalue weighted by Crippen LogP contribution is -2.40. The molecule has 1 spiro atoms. The fourth-order valence-electron chi connectivity index (χ4n) is 3.39. The summed E-state index contributed by atoms with van der Waals surface area (Å²) in [4.78, 5) is 23.4. The van der Waals surface area contributed by atoms with Crippen molar-refractivity contribution < 1.29 is 18.5 Å². The van der Waals surface area contributed by atoms with Crippen LogP contribution >= 0.6 is 11.9 Å². The topological polar surface area (TPSA) is 84.3 Å². The Hall–Kier alpha value is -2.68. The number of nitro groups is 1. The quantitative estimate of drug-likeness (QED) is 0.470. The number of anilines is 2. The molecule has 4 rings (SSSR count). The first-order chi connectivity index (χ1) is 12.4. The Bertz CT molecular complexity index is 947. The normalized spacial score (nSPS) is 16.8. The Morgan fingerprint density at radius 1 is 1.23 bits per heavy atom. The molecular formula is C17H13F2N3O3S. The van der Waals surface area contributed by atoms with E-state index in [0.717, 1.165) is 30.5 Å². The molecule has 9 heteroatoms. The van der Waals surface area contributed by atoms with Crippen molar-refractivity contribution in [1.29, 1.82) is 0 Å². The smallest absolute Gasteiger partial charge is 0.295 e. The van der Waals surface area contributed by atoms with Crippen LogP contribution in [0.15, 0.2) is 35.2 Å². The number of carbonyl (C=O) groups is 1. The molecule has 1 fully saturated rings. The molecule has 0 saturated heterocycles. The highest BCUT2D eigenvalue weighted by molar-refractivity contribution is 8.00. The molecule has 0 bridgehead atoms. The van der Waals surface area contributed by atoms with Gasteiger partial charge in [0.15, 0.2) is 0 Å². The molecule has 1 aliphatic heterocycles. The molecular weight excluding hydrogens is 364 g/mol. The van der Waals surface area contributed by atoms with E-state index < -0.39 is 22.0 Å². The Balaban J connectivity index is 1.68. The molecule has 2 N–H and O–H groups in total. The first-order valence-electron chi connectivity index (χ1n) is 7.93. The van der Waals surface area contributed by atoms with E-state index in [2.05, 4.69) is 10.0 Å². The van der Waals surface area contributed by atoms with Gasteiger partial charge >= 0.3 is 0 Å². The molecule has 1 amide bonds. The molecule has 2 aromatic rings. The van der Waals surface area contributed by atoms with Crippen LogP contribution in [-0.4, -0.2) is 10.8 Å². The Labute approximate surface area is 151 Å². The number of nitro benzene ring substituents is 1. The van der Waals surface area contributed by atoms with E-state index in [0.29, 0.717) is 24.1 Å². The van der Waals surface area contributed by atoms with E-state index in [1.807, 2.05) is 0 Å². The molecule has 1 aliphatic carbocycles. The summed E-state index contributed by atoms with van der Waals surface area (Å²) >= 11 is 0.882. The second-order valence-electron chi connectivity index (χ2n) is 6.34. The van der Waals surface area contributed by atoms with Gasteiger partial charge in [0, 0.05) is 17.7 Å². The van der Waals surface area contributed by atoms with Crippen LogP contribution < -0.4 is 10.0 Å². The lowest BCUT2D eigenvalue weighted by molar-refractivity contribution is -0.383. The van der Waals surface area contributed by atoms with Crippen molar-refractivity contribution in [1.82, 2.24) is 0 Å². The molecule has 26 heavy (non-hydrogen) atoms. The minimum absolute atomic E-state index is 0.155. The fraction of sp³-hybridized carbons (Fsp3) is 0.235. The summed E-state index contributed by atoms with van der Waals surface area (Å²) < 4.78 is 29.6. The number of amides is 1. The minimum atomic E-state index is -0.731. The SMILES string of the molecule is O=C1Nc2c([N+](=O)[O-])cc(NSc3ccc(F)cc3F)cc2C12CCC2. The van der Waals surface area contributed by atoms with Gasteiger partial charge in [-0.25, -0.2) is 8.78 Å². The molecule has 134 valence electrons. The number of benzene rings is 2. The summed E-state index contributed by atoms with van der Waals surface area (Å²) in [5.74, 6) is -1.63. The number of carbonyl (C=O) groups excluding carboxylic acids is 1. The monoisotopic (exact) mass is 377 g/mol. The summed E-state index contributed by atoms with van der Waals surface area (Å²) in [7, 11) is 0. The van der Waals surface area contributed by atoms with Gasteiger partial charge in [-0.15, -0.1) is 0 Å². The Kier molecular flexibility index (Phi) is 3.83. The van der Waals surface area contributed by atoms with Crippen LogP contribution in [0, 0.1) is 21.7 Å². The van der Waals surface area contributed by atoms with Gasteiger partial charge in [-0.2, -0.15) is 0 Å². The number of fused-ring (bicyclic) bond motifs is 2. The molecule has 1 saturated carbocycles. The van der Waals surface area contributed by atoms with Crippen LogP contribution in [0.2, 0.25) is 0 Å². The van der Waals surface area contributed by atoms with E-state index in [9.17, 15) is 23.7 Å². The predicted molar refractivity (Wildman–Crippen MR) is 93.1 cm³/mol. The molecule has 0 aromatic heterocycles. The van der Waals surface area contributed by atoms with Gasteiger partial charge in [0.05, 0.1) is 20.9 Å². The summed E-state index contributed by atoms with van der Waals surface area (Å²) in [6, 6.07) is 6.16. The van der Waals surface area contributed by atoms with Crippen LogP contribution in [0.4, 0.5) is 25.8 Å². The molecule has 0 atom stereocenters. The number of hydrogen-bond acceptors (Lipinski definition) is 5. The number of halogens is 2. The number of hydrogen-bond donors (Lipinski definition) is 2. The van der Waals surface area contributed by atoms with Crippen molar-refractivity contribution in [3.8, 4) is 0 Å². The van der Waals surface area contributed by atoms with Gasteiger partial charge in [-0.05, 0) is 43.0 Å². The number of nitrogens with zero attached hydrogens (tertiary/aromatic N) is 1. The molecule has 0 radical (unpaired) electrons. The lowest BCUT2D eigenvalue weighted by atomic mass is 9.65. The van der Waals surface area contributed by atoms with Crippen molar-refractivity contribution in [3.05, 3.63) is 57.6 Å². The second-order valence-corrected chi connectivity index (χ2v) is 7.19. The largest absolute Gasteiger partial charge is 0.325 e. The maximum atomic E-state index is 13.8. The van der Waals surface area contributed by atoms with Crippen molar-refractivity contribution in [3.63, 3.8) is 0 Å². The second kappa shape index (κ2) is 5.94. The average Bonchev–Trinajstić information content (AvgIpc) is 2.84. The summed E-state index contributed by atoms with van der Waals surface area (Å²) in [6.45, 7) is 0. The first kappa shape index (κ1) is 16.8. The third-order valence-corrected chi connectivity index (χ3v) is 5.77. The van der Waals surface area contributed by atoms with E-state index in [1.165, 1.54) is 12.1 Å². The van der Waals surface area contributed by atoms with Crippen molar-refractivity contribution in [2.24, 2.45) is 0 Å². The summed E-state index contributed by atoms with van der Waals surface area (Å²) in [5, 5.41) is 14.1. The molecule has 2 aliphatic rings. The standard InChI is InChI=1S/C17H13F2N3O3S/c18-9-2-3-14(12(19)6-9)26-21-10-7-11-15(13(8-10)22(24)25)20-16(23)17(11)4-1-5-17/h2-3,6-8,21H,1,4-5H2,(H,20,23). The summed E-state index contributed by atoms with van der Waals surface area (Å²) in [5.41, 5.74) is 0.312. The van der Waals surface area contributed by atoms with Gasteiger partial charge in [-0.1, -0.05) is 6.42 Å². The zero-order valence-electron chi connectivity index (χ0n) is 13.3. The van der Waals surface area contributed by atoms with Crippen molar-refractivity contribution >= 4 is 34.9 Å². The predicted octanol–water partition coefficient (Wildman–Crippen LogP) is 4.37. The Morgan fingerprint density at radius 2 is 2.00 bits per heavy atom.